The molecule has 0 radical (unpaired) electrons. The molecule has 0 aliphatic rings. The molecular weight excluding hydrogens is 179 g/mol. The van der Waals surface area contributed by atoms with Crippen LogP contribution in [0.15, 0.2) is 24.8 Å². The summed E-state index contributed by atoms with van der Waals surface area (Å²) in [5.74, 6) is 0.0449. The van der Waals surface area contributed by atoms with Gasteiger partial charge in [0.25, 0.3) is 0 Å². The predicted molar refractivity (Wildman–Crippen MR) is 47.8 cm³/mol. The van der Waals surface area contributed by atoms with Gasteiger partial charge >= 0.3 is 0 Å². The Hall–Kier alpha value is -1.02. The molecule has 0 saturated heterocycles. The molecule has 0 N–H and O–H groups in total. The number of ether oxygens (including phenoxy) is 1. The van der Waals surface area contributed by atoms with E-state index in [1.165, 1.54) is 19.2 Å². The fraction of sp³-hybridized carbons (Fsp3) is 0.111. The van der Waals surface area contributed by atoms with Gasteiger partial charge in [-0.1, -0.05) is 18.2 Å². The van der Waals surface area contributed by atoms with Crippen LogP contribution in [0.25, 0.3) is 5.03 Å². The first-order valence-electron chi connectivity index (χ1n) is 3.33. The zero-order chi connectivity index (χ0) is 9.14. The SMILES string of the molecule is C=C(Cl)c1ccc(OC)cc1F. The maximum atomic E-state index is 13.1. The Labute approximate surface area is 75.4 Å². The van der Waals surface area contributed by atoms with Gasteiger partial charge in [0.05, 0.1) is 7.11 Å². The average Bonchev–Trinajstić information content (AvgIpc) is 2.03. The van der Waals surface area contributed by atoms with Gasteiger partial charge in [-0.15, -0.1) is 0 Å². The van der Waals surface area contributed by atoms with Crippen molar-refractivity contribution in [2.24, 2.45) is 0 Å². The van der Waals surface area contributed by atoms with Crippen LogP contribution >= 0.6 is 11.6 Å². The third-order valence-electron chi connectivity index (χ3n) is 1.47. The molecule has 0 unspecified atom stereocenters. The maximum absolute atomic E-state index is 13.1. The number of benzene rings is 1. The van der Waals surface area contributed by atoms with E-state index < -0.39 is 5.82 Å². The average molecular weight is 187 g/mol. The van der Waals surface area contributed by atoms with Gasteiger partial charge < -0.3 is 4.74 Å². The zero-order valence-electron chi connectivity index (χ0n) is 6.60. The summed E-state index contributed by atoms with van der Waals surface area (Å²) in [6, 6.07) is 4.43. The van der Waals surface area contributed by atoms with Gasteiger partial charge in [-0.2, -0.15) is 0 Å². The summed E-state index contributed by atoms with van der Waals surface area (Å²) in [5.41, 5.74) is 0.303. The molecule has 1 rings (SSSR count). The van der Waals surface area contributed by atoms with Gasteiger partial charge in [0.15, 0.2) is 0 Å². The van der Waals surface area contributed by atoms with Crippen molar-refractivity contribution >= 4 is 16.6 Å². The van der Waals surface area contributed by atoms with E-state index in [9.17, 15) is 4.39 Å². The summed E-state index contributed by atoms with van der Waals surface area (Å²) in [6.45, 7) is 3.43. The molecule has 0 saturated carbocycles. The fourth-order valence-electron chi connectivity index (χ4n) is 0.843. The molecule has 0 aromatic heterocycles. The molecule has 1 aromatic rings. The second-order valence-corrected chi connectivity index (χ2v) is 2.71. The normalized spacial score (nSPS) is 9.58. The zero-order valence-corrected chi connectivity index (χ0v) is 7.36. The predicted octanol–water partition coefficient (Wildman–Crippen LogP) is 3.04. The fourth-order valence-corrected chi connectivity index (χ4v) is 0.996. The van der Waals surface area contributed by atoms with Crippen LogP contribution in [-0.4, -0.2) is 7.11 Å². The molecule has 1 aromatic carbocycles. The minimum absolute atomic E-state index is 0.190. The lowest BCUT2D eigenvalue weighted by molar-refractivity contribution is 0.411. The maximum Gasteiger partial charge on any atom is 0.135 e. The molecule has 0 fully saturated rings. The second kappa shape index (κ2) is 3.59. The second-order valence-electron chi connectivity index (χ2n) is 2.25. The highest BCUT2D eigenvalue weighted by Crippen LogP contribution is 2.23. The molecule has 0 heterocycles. The van der Waals surface area contributed by atoms with Crippen LogP contribution in [0.4, 0.5) is 4.39 Å². The standard InChI is InChI=1S/C9H8ClFO/c1-6(10)8-4-3-7(12-2)5-9(8)11/h3-5H,1H2,2H3. The molecule has 12 heavy (non-hydrogen) atoms. The van der Waals surface area contributed by atoms with E-state index in [0.29, 0.717) is 11.3 Å². The summed E-state index contributed by atoms with van der Waals surface area (Å²) in [6.07, 6.45) is 0. The van der Waals surface area contributed by atoms with E-state index in [-0.39, 0.29) is 5.03 Å². The Kier molecular flexibility index (Phi) is 2.71. The van der Waals surface area contributed by atoms with Gasteiger partial charge in [-0.05, 0) is 12.1 Å². The van der Waals surface area contributed by atoms with E-state index >= 15 is 0 Å². The van der Waals surface area contributed by atoms with E-state index in [2.05, 4.69) is 6.58 Å². The van der Waals surface area contributed by atoms with Crippen molar-refractivity contribution < 1.29 is 9.13 Å². The molecule has 0 atom stereocenters. The lowest BCUT2D eigenvalue weighted by atomic mass is 10.2. The van der Waals surface area contributed by atoms with E-state index in [0.717, 1.165) is 0 Å². The highest BCUT2D eigenvalue weighted by atomic mass is 35.5. The van der Waals surface area contributed by atoms with Crippen molar-refractivity contribution in [1.82, 2.24) is 0 Å². The quantitative estimate of drug-likeness (QED) is 0.690. The van der Waals surface area contributed by atoms with Gasteiger partial charge in [-0.25, -0.2) is 4.39 Å². The van der Waals surface area contributed by atoms with Crippen molar-refractivity contribution in [1.29, 1.82) is 0 Å². The minimum atomic E-state index is -0.422. The third-order valence-corrected chi connectivity index (χ3v) is 1.67. The minimum Gasteiger partial charge on any atom is -0.497 e. The first-order chi connectivity index (χ1) is 5.65. The summed E-state index contributed by atoms with van der Waals surface area (Å²) < 4.78 is 17.9. The summed E-state index contributed by atoms with van der Waals surface area (Å²) >= 11 is 5.53. The van der Waals surface area contributed by atoms with E-state index in [1.54, 1.807) is 6.07 Å². The Morgan fingerprint density at radius 3 is 2.67 bits per heavy atom. The Morgan fingerprint density at radius 1 is 1.58 bits per heavy atom. The summed E-state index contributed by atoms with van der Waals surface area (Å²) in [4.78, 5) is 0. The lowest BCUT2D eigenvalue weighted by Crippen LogP contribution is -1.87. The molecule has 0 bridgehead atoms. The molecule has 1 nitrogen and oxygen atoms in total. The highest BCUT2D eigenvalue weighted by Gasteiger charge is 2.04. The molecule has 0 spiro atoms. The van der Waals surface area contributed by atoms with E-state index in [4.69, 9.17) is 16.3 Å². The van der Waals surface area contributed by atoms with Crippen LogP contribution in [0.3, 0.4) is 0 Å². The van der Waals surface area contributed by atoms with Crippen LogP contribution in [0.2, 0.25) is 0 Å². The molecule has 64 valence electrons. The number of hydrogen-bond acceptors (Lipinski definition) is 1. The summed E-state index contributed by atoms with van der Waals surface area (Å²) in [7, 11) is 1.48. The van der Waals surface area contributed by atoms with Crippen molar-refractivity contribution in [3.8, 4) is 5.75 Å². The van der Waals surface area contributed by atoms with E-state index in [1.807, 2.05) is 0 Å². The molecule has 0 amide bonds. The van der Waals surface area contributed by atoms with Gasteiger partial charge in [-0.3, -0.25) is 0 Å². The smallest absolute Gasteiger partial charge is 0.135 e. The third kappa shape index (κ3) is 1.77. The highest BCUT2D eigenvalue weighted by molar-refractivity contribution is 6.48. The number of methoxy groups -OCH3 is 1. The first kappa shape index (κ1) is 9.07. The molecular formula is C9H8ClFO. The van der Waals surface area contributed by atoms with Gasteiger partial charge in [0.2, 0.25) is 0 Å². The van der Waals surface area contributed by atoms with Crippen LogP contribution in [0.1, 0.15) is 5.56 Å². The Bertz CT molecular complexity index is 309. The van der Waals surface area contributed by atoms with Crippen molar-refractivity contribution in [3.05, 3.63) is 36.2 Å². The van der Waals surface area contributed by atoms with Crippen LogP contribution in [-0.2, 0) is 0 Å². The van der Waals surface area contributed by atoms with Crippen LogP contribution in [0, 0.1) is 5.82 Å². The summed E-state index contributed by atoms with van der Waals surface area (Å²) in [5, 5.41) is 0.190. The number of rotatable bonds is 2. The lowest BCUT2D eigenvalue weighted by Gasteiger charge is -2.02. The largest absolute Gasteiger partial charge is 0.497 e. The molecule has 0 aliphatic heterocycles. The van der Waals surface area contributed by atoms with Gasteiger partial charge in [0.1, 0.15) is 11.6 Å². The van der Waals surface area contributed by atoms with Crippen molar-refractivity contribution in [3.63, 3.8) is 0 Å². The number of hydrogen-bond donors (Lipinski definition) is 0. The monoisotopic (exact) mass is 186 g/mol. The Balaban J connectivity index is 3.12. The molecule has 0 aliphatic carbocycles. The molecule has 3 heteroatoms. The number of halogens is 2. The first-order valence-corrected chi connectivity index (χ1v) is 3.71. The van der Waals surface area contributed by atoms with Crippen molar-refractivity contribution in [2.45, 2.75) is 0 Å². The van der Waals surface area contributed by atoms with Gasteiger partial charge in [0, 0.05) is 16.7 Å². The van der Waals surface area contributed by atoms with Crippen LogP contribution < -0.4 is 4.74 Å². The van der Waals surface area contributed by atoms with Crippen molar-refractivity contribution in [2.75, 3.05) is 7.11 Å². The Morgan fingerprint density at radius 2 is 2.25 bits per heavy atom. The topological polar surface area (TPSA) is 9.23 Å². The van der Waals surface area contributed by atoms with Crippen LogP contribution in [0.5, 0.6) is 5.75 Å².